The van der Waals surface area contributed by atoms with Gasteiger partial charge in [0.1, 0.15) is 49.8 Å². The van der Waals surface area contributed by atoms with Gasteiger partial charge in [0.15, 0.2) is 37.7 Å². The number of benzene rings is 4. The van der Waals surface area contributed by atoms with E-state index >= 15 is 0 Å². The molecule has 0 bridgehead atoms. The number of hydrogen-bond acceptors (Lipinski definition) is 27. The minimum atomic E-state index is -5.22. The van der Waals surface area contributed by atoms with Crippen LogP contribution in [0.2, 0.25) is 0 Å². The summed E-state index contributed by atoms with van der Waals surface area (Å²) in [6.07, 6.45) is 0. The molecule has 0 amide bonds. The third-order valence-electron chi connectivity index (χ3n) is 7.71. The lowest BCUT2D eigenvalue weighted by Gasteiger charge is -2.15. The Morgan fingerprint density at radius 3 is 1.90 bits per heavy atom. The van der Waals surface area contributed by atoms with Gasteiger partial charge in [-0.1, -0.05) is 10.1 Å². The fourth-order valence-corrected chi connectivity index (χ4v) is 9.30. The van der Waals surface area contributed by atoms with Crippen molar-refractivity contribution in [3.8, 4) is 23.0 Å². The molecule has 27 nitrogen and oxygen atoms in total. The first-order chi connectivity index (χ1) is 29.1. The summed E-state index contributed by atoms with van der Waals surface area (Å²) in [5.41, 5.74) is 4.23. The lowest BCUT2D eigenvalue weighted by atomic mass is 10.0. The first kappa shape index (κ1) is 50.1. The summed E-state index contributed by atoms with van der Waals surface area (Å²) < 4.78 is 151. The van der Waals surface area contributed by atoms with E-state index in [4.69, 9.17) is 39.2 Å². The third kappa shape index (κ3) is 12.5. The highest BCUT2D eigenvalue weighted by atomic mass is 32.3. The summed E-state index contributed by atoms with van der Waals surface area (Å²) in [6, 6.07) is 7.01. The molecule has 33 heteroatoms. The second-order valence-corrected chi connectivity index (χ2v) is 19.2. The number of nitrogens with two attached hydrogens (primary N) is 1. The molecular weight excluding hydrogens is 963 g/mol. The standard InChI is InChI=1S/C29H31N5O22S6/c1-48-20-5-4-15(59(38,39)9-7-52-62(45,46)47)10-17(20)31-33-19-13-24(61(42,43)44)16-11-23(57-55-53-36)28(29(35)26(16)27(19)30)34-32-18-12-22(50-3)25(14-21(18)49-2)60(40,41)8-6-51-58-56-54-37/h4-5,10-14,35-37H,6-9,30H2,1-3H3,(H,42,43,44)(H,45,46,47). The number of ether oxygens (including phenoxy) is 3. The molecule has 0 aromatic heterocycles. The van der Waals surface area contributed by atoms with E-state index in [9.17, 15) is 43.3 Å². The van der Waals surface area contributed by atoms with E-state index in [0.29, 0.717) is 0 Å². The highest BCUT2D eigenvalue weighted by Crippen LogP contribution is 2.50. The number of anilines is 1. The van der Waals surface area contributed by atoms with E-state index in [2.05, 4.69) is 43.4 Å². The molecule has 4 aromatic rings. The molecule has 0 saturated heterocycles. The predicted molar refractivity (Wildman–Crippen MR) is 211 cm³/mol. The van der Waals surface area contributed by atoms with Crippen LogP contribution in [0.5, 0.6) is 23.0 Å². The van der Waals surface area contributed by atoms with Crippen LogP contribution in [0, 0.1) is 0 Å². The van der Waals surface area contributed by atoms with E-state index in [1.54, 1.807) is 0 Å². The van der Waals surface area contributed by atoms with E-state index in [1.807, 2.05) is 0 Å². The molecule has 0 saturated carbocycles. The largest absolute Gasteiger partial charge is 0.505 e. The van der Waals surface area contributed by atoms with Gasteiger partial charge in [-0.15, -0.1) is 29.1 Å². The van der Waals surface area contributed by atoms with E-state index in [-0.39, 0.29) is 62.8 Å². The number of hydrogen-bond donors (Lipinski definition) is 6. The van der Waals surface area contributed by atoms with Crippen molar-refractivity contribution in [2.75, 3.05) is 51.8 Å². The molecule has 4 rings (SSSR count). The van der Waals surface area contributed by atoms with Crippen molar-refractivity contribution in [1.82, 2.24) is 0 Å². The topological polar surface area (TPSA) is 396 Å². The zero-order valence-electron chi connectivity index (χ0n) is 31.4. The highest BCUT2D eigenvalue weighted by Gasteiger charge is 2.27. The summed E-state index contributed by atoms with van der Waals surface area (Å²) in [7, 11) is -15.1. The van der Waals surface area contributed by atoms with Crippen LogP contribution in [0.25, 0.3) is 10.8 Å². The number of rotatable bonds is 23. The number of nitrogens with zero attached hydrogens (tertiary/aromatic N) is 4. The van der Waals surface area contributed by atoms with Crippen molar-refractivity contribution < 1.29 is 99.7 Å². The molecule has 0 fully saturated rings. The molecule has 0 atom stereocenters. The summed E-state index contributed by atoms with van der Waals surface area (Å²) in [5, 5.41) is 50.6. The van der Waals surface area contributed by atoms with E-state index in [0.717, 1.165) is 56.7 Å². The SMILES string of the molecule is COc1ccc(S(=O)(=O)CCOS(=O)(=O)O)cc1N=Nc1cc(S(=O)(=O)O)c2cc(SOOO)c(N=Nc3cc(OC)c(S(=O)(=O)CCOSOOO)cc3OC)c(O)c2c1N. The van der Waals surface area contributed by atoms with Gasteiger partial charge in [0.05, 0.1) is 79.0 Å². The van der Waals surface area contributed by atoms with Crippen LogP contribution in [0.1, 0.15) is 0 Å². The van der Waals surface area contributed by atoms with Crippen molar-refractivity contribution in [2.45, 2.75) is 19.6 Å². The Bertz CT molecular complexity index is 2810. The van der Waals surface area contributed by atoms with Crippen LogP contribution in [0.15, 0.2) is 82.5 Å². The van der Waals surface area contributed by atoms with Gasteiger partial charge < -0.3 is 25.1 Å². The first-order valence-corrected chi connectivity index (χ1v) is 23.5. The van der Waals surface area contributed by atoms with Crippen LogP contribution in [-0.4, -0.2) is 104 Å². The van der Waals surface area contributed by atoms with Gasteiger partial charge in [0.2, 0.25) is 0 Å². The Morgan fingerprint density at radius 1 is 0.677 bits per heavy atom. The number of azo groups is 2. The maximum Gasteiger partial charge on any atom is 0.397 e. The van der Waals surface area contributed by atoms with Crippen LogP contribution < -0.4 is 19.9 Å². The molecule has 0 unspecified atom stereocenters. The summed E-state index contributed by atoms with van der Waals surface area (Å²) in [4.78, 5) is -2.09. The van der Waals surface area contributed by atoms with Gasteiger partial charge in [0.25, 0.3) is 10.1 Å². The van der Waals surface area contributed by atoms with Crippen molar-refractivity contribution in [2.24, 2.45) is 20.5 Å². The average Bonchev–Trinajstić information content (AvgIpc) is 3.20. The maximum atomic E-state index is 13.1. The Balaban J connectivity index is 1.88. The second kappa shape index (κ2) is 21.2. The molecule has 7 N–H and O–H groups in total. The third-order valence-corrected chi connectivity index (χ3v) is 13.4. The normalized spacial score (nSPS) is 12.8. The molecule has 0 aliphatic carbocycles. The zero-order valence-corrected chi connectivity index (χ0v) is 36.3. The molecule has 0 heterocycles. The Kier molecular flexibility index (Phi) is 17.1. The highest BCUT2D eigenvalue weighted by molar-refractivity contribution is 7.94. The molecule has 0 aliphatic rings. The minimum absolute atomic E-state index is 0.0831. The summed E-state index contributed by atoms with van der Waals surface area (Å²) in [5.74, 6) is -3.05. The maximum absolute atomic E-state index is 13.1. The number of sulfone groups is 2. The molecule has 4 aromatic carbocycles. The number of aromatic hydroxyl groups is 1. The average molecular weight is 994 g/mol. The molecular formula is C29H31N5O22S6. The van der Waals surface area contributed by atoms with Crippen molar-refractivity contribution >= 4 is 104 Å². The molecule has 0 spiro atoms. The summed E-state index contributed by atoms with van der Waals surface area (Å²) >= 11 is 0.313. The monoisotopic (exact) mass is 993 g/mol. The Labute approximate surface area is 359 Å². The zero-order chi connectivity index (χ0) is 46.0. The number of phenols is 1. The molecule has 0 radical (unpaired) electrons. The lowest BCUT2D eigenvalue weighted by Crippen LogP contribution is -2.15. The van der Waals surface area contributed by atoms with Crippen molar-refractivity contribution in [3.05, 3.63) is 42.5 Å². The number of nitrogen functional groups attached to an aromatic ring is 1. The lowest BCUT2D eigenvalue weighted by molar-refractivity contribution is -0.434. The summed E-state index contributed by atoms with van der Waals surface area (Å²) in [6.45, 7) is -1.39. The van der Waals surface area contributed by atoms with Crippen LogP contribution >= 0.6 is 24.4 Å². The Hall–Kier alpha value is -4.56. The van der Waals surface area contributed by atoms with Gasteiger partial charge in [-0.25, -0.2) is 31.5 Å². The van der Waals surface area contributed by atoms with Crippen LogP contribution in [0.4, 0.5) is 28.4 Å². The second-order valence-electron chi connectivity index (χ2n) is 11.3. The van der Waals surface area contributed by atoms with Gasteiger partial charge in [-0.2, -0.15) is 16.8 Å². The quantitative estimate of drug-likeness (QED) is 0.0108. The minimum Gasteiger partial charge on any atom is -0.505 e. The van der Waals surface area contributed by atoms with Gasteiger partial charge in [-0.05, 0) is 30.3 Å². The Morgan fingerprint density at radius 2 is 1.29 bits per heavy atom. The fourth-order valence-electron chi connectivity index (χ4n) is 5.03. The van der Waals surface area contributed by atoms with Crippen molar-refractivity contribution in [1.29, 1.82) is 0 Å². The van der Waals surface area contributed by atoms with E-state index in [1.165, 1.54) is 7.11 Å². The van der Waals surface area contributed by atoms with Gasteiger partial charge in [-0.3, -0.25) is 13.3 Å². The predicted octanol–water partition coefficient (Wildman–Crippen LogP) is 5.03. The van der Waals surface area contributed by atoms with Gasteiger partial charge in [0, 0.05) is 17.5 Å². The fraction of sp³-hybridized carbons (Fsp3) is 0.241. The number of methoxy groups -OCH3 is 3. The van der Waals surface area contributed by atoms with Gasteiger partial charge >= 0.3 is 10.4 Å². The smallest absolute Gasteiger partial charge is 0.397 e. The number of phenolic OH excluding ortho intramolecular Hbond substituents is 1. The number of fused-ring (bicyclic) bond motifs is 1. The molecule has 62 heavy (non-hydrogen) atoms. The van der Waals surface area contributed by atoms with E-state index < -0.39 is 108 Å². The van der Waals surface area contributed by atoms with Crippen molar-refractivity contribution in [3.63, 3.8) is 0 Å². The van der Waals surface area contributed by atoms with Crippen LogP contribution in [-0.2, 0) is 67.3 Å². The van der Waals surface area contributed by atoms with Crippen LogP contribution in [0.3, 0.4) is 0 Å². The molecule has 0 aliphatic heterocycles. The molecule has 340 valence electrons. The first-order valence-electron chi connectivity index (χ1n) is 16.0.